The maximum absolute atomic E-state index is 12.6. The number of amides is 1. The molecule has 0 aliphatic carbocycles. The topological polar surface area (TPSA) is 64.1 Å². The molecule has 0 spiro atoms. The van der Waals surface area contributed by atoms with Crippen LogP contribution in [0.25, 0.3) is 0 Å². The van der Waals surface area contributed by atoms with Crippen LogP contribution in [-0.4, -0.2) is 29.1 Å². The number of aromatic nitrogens is 2. The van der Waals surface area contributed by atoms with Crippen molar-refractivity contribution >= 4 is 5.91 Å². The summed E-state index contributed by atoms with van der Waals surface area (Å²) < 4.78 is 5.38. The molecule has 1 N–H and O–H groups in total. The molecular formula is C15H23N3O2. The average Bonchev–Trinajstić information content (AvgIpc) is 2.47. The molecule has 2 rings (SSSR count). The van der Waals surface area contributed by atoms with Crippen LogP contribution in [-0.2, 0) is 9.53 Å². The summed E-state index contributed by atoms with van der Waals surface area (Å²) in [6, 6.07) is 1.75. The molecule has 0 saturated carbocycles. The van der Waals surface area contributed by atoms with Gasteiger partial charge in [-0.2, -0.15) is 0 Å². The Balaban J connectivity index is 2.06. The lowest BCUT2D eigenvalue weighted by Gasteiger charge is -2.35. The van der Waals surface area contributed by atoms with Crippen molar-refractivity contribution in [1.82, 2.24) is 15.3 Å². The fourth-order valence-corrected chi connectivity index (χ4v) is 2.64. The summed E-state index contributed by atoms with van der Waals surface area (Å²) in [5.41, 5.74) is 0.568. The predicted octanol–water partition coefficient (Wildman–Crippen LogP) is 2.17. The average molecular weight is 277 g/mol. The van der Waals surface area contributed by atoms with E-state index >= 15 is 0 Å². The monoisotopic (exact) mass is 277 g/mol. The minimum Gasteiger partial charge on any atom is -0.381 e. The second-order valence-corrected chi connectivity index (χ2v) is 5.47. The van der Waals surface area contributed by atoms with Gasteiger partial charge in [-0.3, -0.25) is 4.79 Å². The smallest absolute Gasteiger partial charge is 0.226 e. The molecule has 1 aromatic heterocycles. The van der Waals surface area contributed by atoms with Gasteiger partial charge in [0.15, 0.2) is 0 Å². The lowest BCUT2D eigenvalue weighted by molar-refractivity contribution is -0.137. The summed E-state index contributed by atoms with van der Waals surface area (Å²) in [5.74, 6) is 0.840. The van der Waals surface area contributed by atoms with E-state index in [4.69, 9.17) is 4.74 Å². The van der Waals surface area contributed by atoms with Crippen LogP contribution < -0.4 is 5.32 Å². The van der Waals surface area contributed by atoms with Gasteiger partial charge in [-0.25, -0.2) is 9.97 Å². The molecule has 1 aromatic rings. The number of rotatable bonds is 4. The third-order valence-corrected chi connectivity index (χ3v) is 4.20. The molecule has 1 atom stereocenters. The van der Waals surface area contributed by atoms with Crippen molar-refractivity contribution in [3.63, 3.8) is 0 Å². The molecule has 110 valence electrons. The van der Waals surface area contributed by atoms with E-state index in [0.29, 0.717) is 13.2 Å². The van der Waals surface area contributed by atoms with Gasteiger partial charge in [-0.1, -0.05) is 6.92 Å². The summed E-state index contributed by atoms with van der Waals surface area (Å²) in [5, 5.41) is 3.10. The summed E-state index contributed by atoms with van der Waals surface area (Å²) in [4.78, 5) is 21.1. The standard InChI is InChI=1S/C15H23N3O2/c1-4-15(6-9-20-10-7-15)14(19)17-11(2)13-5-8-16-12(3)18-13/h5,8,11H,4,6-7,9-10H2,1-3H3,(H,17,19). The first-order chi connectivity index (χ1) is 9.57. The largest absolute Gasteiger partial charge is 0.381 e. The van der Waals surface area contributed by atoms with Gasteiger partial charge in [-0.15, -0.1) is 0 Å². The predicted molar refractivity (Wildman–Crippen MR) is 76.1 cm³/mol. The van der Waals surface area contributed by atoms with E-state index in [1.165, 1.54) is 0 Å². The van der Waals surface area contributed by atoms with E-state index in [2.05, 4.69) is 22.2 Å². The Morgan fingerprint density at radius 2 is 2.20 bits per heavy atom. The van der Waals surface area contributed by atoms with Crippen molar-refractivity contribution in [1.29, 1.82) is 0 Å². The van der Waals surface area contributed by atoms with Gasteiger partial charge in [0.2, 0.25) is 5.91 Å². The molecule has 1 amide bonds. The van der Waals surface area contributed by atoms with Crippen molar-refractivity contribution in [2.45, 2.75) is 46.1 Å². The molecule has 2 heterocycles. The van der Waals surface area contributed by atoms with E-state index in [-0.39, 0.29) is 17.4 Å². The molecule has 1 aliphatic rings. The molecule has 5 nitrogen and oxygen atoms in total. The number of carbonyl (C=O) groups excluding carboxylic acids is 1. The number of nitrogens with zero attached hydrogens (tertiary/aromatic N) is 2. The normalized spacial score (nSPS) is 19.4. The van der Waals surface area contributed by atoms with Gasteiger partial charge in [0.1, 0.15) is 5.82 Å². The molecule has 20 heavy (non-hydrogen) atoms. The fraction of sp³-hybridized carbons (Fsp3) is 0.667. The first-order valence-corrected chi connectivity index (χ1v) is 7.25. The Bertz CT molecular complexity index is 470. The lowest BCUT2D eigenvalue weighted by atomic mass is 9.77. The molecule has 1 saturated heterocycles. The quantitative estimate of drug-likeness (QED) is 0.916. The van der Waals surface area contributed by atoms with Crippen LogP contribution in [0, 0.1) is 12.3 Å². The maximum atomic E-state index is 12.6. The van der Waals surface area contributed by atoms with E-state index in [9.17, 15) is 4.79 Å². The molecule has 1 fully saturated rings. The summed E-state index contributed by atoms with van der Waals surface area (Å²) >= 11 is 0. The molecule has 1 aliphatic heterocycles. The lowest BCUT2D eigenvalue weighted by Crippen LogP contribution is -2.45. The second-order valence-electron chi connectivity index (χ2n) is 5.47. The van der Waals surface area contributed by atoms with Crippen molar-refractivity contribution in [2.75, 3.05) is 13.2 Å². The van der Waals surface area contributed by atoms with Crippen LogP contribution in [0.15, 0.2) is 12.3 Å². The summed E-state index contributed by atoms with van der Waals surface area (Å²) in [6.07, 6.45) is 4.16. The van der Waals surface area contributed by atoms with Gasteiger partial charge in [0.25, 0.3) is 0 Å². The third-order valence-electron chi connectivity index (χ3n) is 4.20. The molecule has 5 heteroatoms. The number of carbonyl (C=O) groups is 1. The SMILES string of the molecule is CCC1(C(=O)NC(C)c2ccnc(C)n2)CCOCC1. The van der Waals surface area contributed by atoms with Gasteiger partial charge < -0.3 is 10.1 Å². The van der Waals surface area contributed by atoms with E-state index < -0.39 is 0 Å². The Kier molecular flexibility index (Phi) is 4.70. The number of aryl methyl sites for hydroxylation is 1. The van der Waals surface area contributed by atoms with Gasteiger partial charge in [-0.05, 0) is 39.2 Å². The fourth-order valence-electron chi connectivity index (χ4n) is 2.64. The third kappa shape index (κ3) is 3.15. The Hall–Kier alpha value is -1.49. The van der Waals surface area contributed by atoms with Crippen molar-refractivity contribution < 1.29 is 9.53 Å². The van der Waals surface area contributed by atoms with Gasteiger partial charge in [0, 0.05) is 19.4 Å². The highest BCUT2D eigenvalue weighted by Crippen LogP contribution is 2.34. The zero-order valence-electron chi connectivity index (χ0n) is 12.5. The minimum atomic E-state index is -0.283. The highest BCUT2D eigenvalue weighted by Gasteiger charge is 2.38. The minimum absolute atomic E-state index is 0.101. The molecule has 1 unspecified atom stereocenters. The molecule has 0 radical (unpaired) electrons. The van der Waals surface area contributed by atoms with Crippen molar-refractivity contribution in [2.24, 2.45) is 5.41 Å². The first-order valence-electron chi connectivity index (χ1n) is 7.25. The van der Waals surface area contributed by atoms with Crippen LogP contribution in [0.2, 0.25) is 0 Å². The van der Waals surface area contributed by atoms with E-state index in [1.54, 1.807) is 6.20 Å². The maximum Gasteiger partial charge on any atom is 0.226 e. The number of hydrogen-bond donors (Lipinski definition) is 1. The Morgan fingerprint density at radius 1 is 1.50 bits per heavy atom. The molecular weight excluding hydrogens is 254 g/mol. The number of ether oxygens (including phenoxy) is 1. The van der Waals surface area contributed by atoms with Crippen LogP contribution in [0.4, 0.5) is 0 Å². The zero-order valence-corrected chi connectivity index (χ0v) is 12.5. The van der Waals surface area contributed by atoms with Crippen LogP contribution >= 0.6 is 0 Å². The van der Waals surface area contributed by atoms with Gasteiger partial charge >= 0.3 is 0 Å². The molecule has 0 aromatic carbocycles. The highest BCUT2D eigenvalue weighted by atomic mass is 16.5. The van der Waals surface area contributed by atoms with Crippen LogP contribution in [0.3, 0.4) is 0 Å². The van der Waals surface area contributed by atoms with Crippen LogP contribution in [0.5, 0.6) is 0 Å². The van der Waals surface area contributed by atoms with Crippen molar-refractivity contribution in [3.05, 3.63) is 23.8 Å². The number of nitrogens with one attached hydrogen (secondary N) is 1. The second kappa shape index (κ2) is 6.31. The zero-order chi connectivity index (χ0) is 14.6. The van der Waals surface area contributed by atoms with E-state index in [1.807, 2.05) is 19.9 Å². The van der Waals surface area contributed by atoms with Crippen LogP contribution in [0.1, 0.15) is 50.7 Å². The molecule has 0 bridgehead atoms. The Labute approximate surface area is 120 Å². The number of hydrogen-bond acceptors (Lipinski definition) is 4. The first kappa shape index (κ1) is 14.9. The van der Waals surface area contributed by atoms with Crippen molar-refractivity contribution in [3.8, 4) is 0 Å². The summed E-state index contributed by atoms with van der Waals surface area (Å²) in [7, 11) is 0. The Morgan fingerprint density at radius 3 is 2.80 bits per heavy atom. The van der Waals surface area contributed by atoms with E-state index in [0.717, 1.165) is 30.8 Å². The highest BCUT2D eigenvalue weighted by molar-refractivity contribution is 5.83. The van der Waals surface area contributed by atoms with Gasteiger partial charge in [0.05, 0.1) is 17.2 Å². The summed E-state index contributed by atoms with van der Waals surface area (Å²) in [6.45, 7) is 7.22.